The smallest absolute Gasteiger partial charge is 0.254 e. The van der Waals surface area contributed by atoms with E-state index in [-0.39, 0.29) is 17.4 Å². The molecule has 1 aromatic heterocycles. The molecule has 4 nitrogen and oxygen atoms in total. The van der Waals surface area contributed by atoms with Crippen LogP contribution in [0.2, 0.25) is 0 Å². The van der Waals surface area contributed by atoms with E-state index in [1.165, 1.54) is 12.3 Å². The molecule has 0 aliphatic heterocycles. The Labute approximate surface area is 116 Å². The zero-order valence-corrected chi connectivity index (χ0v) is 11.1. The number of halogens is 1. The molecule has 0 saturated heterocycles. The van der Waals surface area contributed by atoms with Gasteiger partial charge in [-0.25, -0.2) is 9.37 Å². The SMILES string of the molecule is CCC(NC(=O)c1ccnc(N)c1F)c1ccccc1. The number of hydrogen-bond acceptors (Lipinski definition) is 3. The average Bonchev–Trinajstić information content (AvgIpc) is 2.48. The maximum absolute atomic E-state index is 13.8. The molecule has 0 aliphatic carbocycles. The lowest BCUT2D eigenvalue weighted by atomic mass is 10.0. The number of amides is 1. The number of carbonyl (C=O) groups excluding carboxylic acids is 1. The summed E-state index contributed by atoms with van der Waals surface area (Å²) in [5.41, 5.74) is 6.25. The second-order valence-corrected chi connectivity index (χ2v) is 4.40. The van der Waals surface area contributed by atoms with Gasteiger partial charge in [0.1, 0.15) is 0 Å². The Morgan fingerprint density at radius 3 is 2.70 bits per heavy atom. The van der Waals surface area contributed by atoms with Crippen LogP contribution in [-0.2, 0) is 0 Å². The highest BCUT2D eigenvalue weighted by Gasteiger charge is 2.18. The van der Waals surface area contributed by atoms with Crippen LogP contribution in [-0.4, -0.2) is 10.9 Å². The van der Waals surface area contributed by atoms with Crippen molar-refractivity contribution in [3.05, 3.63) is 59.5 Å². The molecular weight excluding hydrogens is 257 g/mol. The molecule has 104 valence electrons. The molecule has 0 aliphatic rings. The second kappa shape index (κ2) is 6.14. The Hall–Kier alpha value is -2.43. The molecule has 3 N–H and O–H groups in total. The molecule has 1 amide bonds. The topological polar surface area (TPSA) is 68.0 Å². The maximum atomic E-state index is 13.8. The number of anilines is 1. The molecule has 1 atom stereocenters. The van der Waals surface area contributed by atoms with Gasteiger partial charge in [-0.3, -0.25) is 4.79 Å². The summed E-state index contributed by atoms with van der Waals surface area (Å²) in [6, 6.07) is 10.7. The average molecular weight is 273 g/mol. The molecule has 0 fully saturated rings. The Morgan fingerprint density at radius 1 is 1.35 bits per heavy atom. The van der Waals surface area contributed by atoms with Crippen LogP contribution in [0.4, 0.5) is 10.2 Å². The first-order chi connectivity index (χ1) is 9.63. The Bertz CT molecular complexity index is 601. The van der Waals surface area contributed by atoms with E-state index in [0.717, 1.165) is 5.56 Å². The first-order valence-electron chi connectivity index (χ1n) is 6.39. The van der Waals surface area contributed by atoms with E-state index in [1.54, 1.807) is 0 Å². The van der Waals surface area contributed by atoms with E-state index in [9.17, 15) is 9.18 Å². The second-order valence-electron chi connectivity index (χ2n) is 4.40. The number of nitrogens with zero attached hydrogens (tertiary/aromatic N) is 1. The van der Waals surface area contributed by atoms with E-state index in [0.29, 0.717) is 6.42 Å². The maximum Gasteiger partial charge on any atom is 0.254 e. The number of carbonyl (C=O) groups is 1. The van der Waals surface area contributed by atoms with Crippen LogP contribution in [0.25, 0.3) is 0 Å². The van der Waals surface area contributed by atoms with Crippen molar-refractivity contribution >= 4 is 11.7 Å². The zero-order chi connectivity index (χ0) is 14.5. The Kier molecular flexibility index (Phi) is 4.30. The number of pyridine rings is 1. The third-order valence-electron chi connectivity index (χ3n) is 3.08. The van der Waals surface area contributed by atoms with Crippen LogP contribution >= 0.6 is 0 Å². The number of rotatable bonds is 4. The molecule has 2 rings (SSSR count). The van der Waals surface area contributed by atoms with E-state index < -0.39 is 11.7 Å². The van der Waals surface area contributed by atoms with Crippen LogP contribution in [0.3, 0.4) is 0 Å². The van der Waals surface area contributed by atoms with Crippen molar-refractivity contribution in [1.29, 1.82) is 0 Å². The third kappa shape index (κ3) is 2.93. The fraction of sp³-hybridized carbons (Fsp3) is 0.200. The first-order valence-corrected chi connectivity index (χ1v) is 6.39. The molecule has 1 unspecified atom stereocenters. The Morgan fingerprint density at radius 2 is 2.05 bits per heavy atom. The van der Waals surface area contributed by atoms with Crippen LogP contribution in [0.1, 0.15) is 35.3 Å². The Balaban J connectivity index is 2.20. The number of aromatic nitrogens is 1. The van der Waals surface area contributed by atoms with E-state index in [2.05, 4.69) is 10.3 Å². The largest absolute Gasteiger partial charge is 0.381 e. The lowest BCUT2D eigenvalue weighted by Gasteiger charge is -2.17. The van der Waals surface area contributed by atoms with E-state index in [4.69, 9.17) is 5.73 Å². The van der Waals surface area contributed by atoms with Gasteiger partial charge in [0.15, 0.2) is 11.6 Å². The highest BCUT2D eigenvalue weighted by atomic mass is 19.1. The highest BCUT2D eigenvalue weighted by molar-refractivity contribution is 5.95. The summed E-state index contributed by atoms with van der Waals surface area (Å²) in [6.07, 6.45) is 2.02. The molecule has 0 radical (unpaired) electrons. The molecule has 20 heavy (non-hydrogen) atoms. The number of hydrogen-bond donors (Lipinski definition) is 2. The van der Waals surface area contributed by atoms with Gasteiger partial charge in [0.2, 0.25) is 0 Å². The molecule has 5 heteroatoms. The van der Waals surface area contributed by atoms with Crippen molar-refractivity contribution in [3.63, 3.8) is 0 Å². The van der Waals surface area contributed by atoms with Crippen LogP contribution in [0.15, 0.2) is 42.6 Å². The number of benzene rings is 1. The van der Waals surface area contributed by atoms with E-state index >= 15 is 0 Å². The van der Waals surface area contributed by atoms with Gasteiger partial charge < -0.3 is 11.1 Å². The van der Waals surface area contributed by atoms with Crippen molar-refractivity contribution in [2.24, 2.45) is 0 Å². The van der Waals surface area contributed by atoms with Crippen molar-refractivity contribution in [3.8, 4) is 0 Å². The fourth-order valence-electron chi connectivity index (χ4n) is 1.98. The highest BCUT2D eigenvalue weighted by Crippen LogP contribution is 2.18. The van der Waals surface area contributed by atoms with Gasteiger partial charge in [0.25, 0.3) is 5.91 Å². The van der Waals surface area contributed by atoms with Gasteiger partial charge in [-0.1, -0.05) is 37.3 Å². The minimum absolute atomic E-state index is 0.0909. The number of nitrogens with one attached hydrogen (secondary N) is 1. The zero-order valence-electron chi connectivity index (χ0n) is 11.1. The van der Waals surface area contributed by atoms with Gasteiger partial charge in [-0.15, -0.1) is 0 Å². The van der Waals surface area contributed by atoms with Crippen molar-refractivity contribution < 1.29 is 9.18 Å². The summed E-state index contributed by atoms with van der Waals surface area (Å²) < 4.78 is 13.8. The molecule has 2 aromatic rings. The predicted molar refractivity (Wildman–Crippen MR) is 75.5 cm³/mol. The van der Waals surface area contributed by atoms with Crippen LogP contribution in [0, 0.1) is 5.82 Å². The minimum Gasteiger partial charge on any atom is -0.381 e. The quantitative estimate of drug-likeness (QED) is 0.900. The molecule has 0 saturated carbocycles. The summed E-state index contributed by atoms with van der Waals surface area (Å²) in [5.74, 6) is -1.55. The molecule has 1 aromatic carbocycles. The lowest BCUT2D eigenvalue weighted by Crippen LogP contribution is -2.29. The van der Waals surface area contributed by atoms with E-state index in [1.807, 2.05) is 37.3 Å². The number of nitrogen functional groups attached to an aromatic ring is 1. The lowest BCUT2D eigenvalue weighted by molar-refractivity contribution is 0.0931. The summed E-state index contributed by atoms with van der Waals surface area (Å²) in [4.78, 5) is 15.7. The van der Waals surface area contributed by atoms with Crippen LogP contribution in [0.5, 0.6) is 0 Å². The summed E-state index contributed by atoms with van der Waals surface area (Å²) >= 11 is 0. The minimum atomic E-state index is -0.784. The van der Waals surface area contributed by atoms with Gasteiger partial charge in [0, 0.05) is 6.20 Å². The number of nitrogens with two attached hydrogens (primary N) is 1. The predicted octanol–water partition coefficient (Wildman–Crippen LogP) is 2.68. The summed E-state index contributed by atoms with van der Waals surface area (Å²) in [7, 11) is 0. The summed E-state index contributed by atoms with van der Waals surface area (Å²) in [5, 5.41) is 2.81. The molecule has 0 bridgehead atoms. The molecular formula is C15H16FN3O. The van der Waals surface area contributed by atoms with Gasteiger partial charge in [-0.05, 0) is 18.1 Å². The fourth-order valence-corrected chi connectivity index (χ4v) is 1.98. The van der Waals surface area contributed by atoms with Gasteiger partial charge in [0.05, 0.1) is 11.6 Å². The summed E-state index contributed by atoms with van der Waals surface area (Å²) in [6.45, 7) is 1.95. The monoisotopic (exact) mass is 273 g/mol. The van der Waals surface area contributed by atoms with Crippen LogP contribution < -0.4 is 11.1 Å². The van der Waals surface area contributed by atoms with Gasteiger partial charge in [-0.2, -0.15) is 0 Å². The van der Waals surface area contributed by atoms with Crippen molar-refractivity contribution in [2.45, 2.75) is 19.4 Å². The standard InChI is InChI=1S/C15H16FN3O/c1-2-12(10-6-4-3-5-7-10)19-15(20)11-8-9-18-14(17)13(11)16/h3-9,12H,2H2,1H3,(H2,17,18)(H,19,20). The molecule has 1 heterocycles. The normalized spacial score (nSPS) is 11.9. The third-order valence-corrected chi connectivity index (χ3v) is 3.08. The van der Waals surface area contributed by atoms with Crippen molar-refractivity contribution in [1.82, 2.24) is 10.3 Å². The molecule has 0 spiro atoms. The first kappa shape index (κ1) is 14.0. The van der Waals surface area contributed by atoms with Gasteiger partial charge >= 0.3 is 0 Å². The van der Waals surface area contributed by atoms with Crippen molar-refractivity contribution in [2.75, 3.05) is 5.73 Å².